The van der Waals surface area contributed by atoms with Gasteiger partial charge in [0.2, 0.25) is 0 Å². The Morgan fingerprint density at radius 1 is 0.321 bits per heavy atom. The molecule has 0 spiro atoms. The molecule has 4 rings (SSSR count). The van der Waals surface area contributed by atoms with Crippen molar-refractivity contribution in [2.45, 2.75) is 27.7 Å². The van der Waals surface area contributed by atoms with E-state index >= 15 is 0 Å². The Balaban J connectivity index is 1.73. The minimum absolute atomic E-state index is 1.25. The van der Waals surface area contributed by atoms with Crippen LogP contribution in [0.2, 0.25) is 0 Å². The molecule has 0 aliphatic rings. The Morgan fingerprint density at radius 3 is 0.964 bits per heavy atom. The van der Waals surface area contributed by atoms with Gasteiger partial charge in [0.15, 0.2) is 0 Å². The van der Waals surface area contributed by atoms with Gasteiger partial charge >= 0.3 is 0 Å². The molecule has 28 heavy (non-hydrogen) atoms. The molecule has 0 aromatic heterocycles. The van der Waals surface area contributed by atoms with Crippen molar-refractivity contribution in [1.82, 2.24) is 0 Å². The van der Waals surface area contributed by atoms with Crippen LogP contribution in [0.15, 0.2) is 84.9 Å². The monoisotopic (exact) mass is 362 g/mol. The topological polar surface area (TPSA) is 0 Å². The fourth-order valence-corrected chi connectivity index (χ4v) is 3.60. The Bertz CT molecular complexity index is 1060. The van der Waals surface area contributed by atoms with Gasteiger partial charge in [-0.05, 0) is 95.5 Å². The van der Waals surface area contributed by atoms with E-state index in [9.17, 15) is 0 Å². The number of rotatable bonds is 3. The lowest BCUT2D eigenvalue weighted by molar-refractivity contribution is 1.34. The fourth-order valence-electron chi connectivity index (χ4n) is 3.60. The quantitative estimate of drug-likeness (QED) is 0.347. The van der Waals surface area contributed by atoms with Crippen LogP contribution < -0.4 is 0 Å². The van der Waals surface area contributed by atoms with Crippen molar-refractivity contribution in [3.63, 3.8) is 0 Å². The molecule has 0 fully saturated rings. The first-order chi connectivity index (χ1) is 13.5. The van der Waals surface area contributed by atoms with Crippen molar-refractivity contribution in [3.05, 3.63) is 107 Å². The van der Waals surface area contributed by atoms with Gasteiger partial charge < -0.3 is 0 Å². The Morgan fingerprint density at radius 2 is 0.643 bits per heavy atom. The van der Waals surface area contributed by atoms with Gasteiger partial charge in [0.1, 0.15) is 0 Å². The van der Waals surface area contributed by atoms with Crippen LogP contribution in [-0.4, -0.2) is 0 Å². The van der Waals surface area contributed by atoms with Gasteiger partial charge in [0.25, 0.3) is 0 Å². The highest BCUT2D eigenvalue weighted by Crippen LogP contribution is 2.30. The number of benzene rings is 4. The van der Waals surface area contributed by atoms with Gasteiger partial charge in [-0.25, -0.2) is 0 Å². The van der Waals surface area contributed by atoms with Crippen molar-refractivity contribution in [2.75, 3.05) is 0 Å². The van der Waals surface area contributed by atoms with E-state index in [-0.39, 0.29) is 0 Å². The van der Waals surface area contributed by atoms with Crippen LogP contribution >= 0.6 is 0 Å². The first-order valence-corrected chi connectivity index (χ1v) is 9.87. The van der Waals surface area contributed by atoms with Crippen molar-refractivity contribution >= 4 is 0 Å². The first-order valence-electron chi connectivity index (χ1n) is 9.87. The maximum Gasteiger partial charge on any atom is -0.0178 e. The van der Waals surface area contributed by atoms with E-state index in [0.29, 0.717) is 0 Å². The first kappa shape index (κ1) is 18.3. The molecule has 138 valence electrons. The molecule has 0 atom stereocenters. The second kappa shape index (κ2) is 7.48. The highest BCUT2D eigenvalue weighted by Gasteiger charge is 2.06. The largest absolute Gasteiger partial charge is 0.0610 e. The molecule has 0 nitrogen and oxygen atoms in total. The van der Waals surface area contributed by atoms with Crippen molar-refractivity contribution in [1.29, 1.82) is 0 Å². The predicted molar refractivity (Wildman–Crippen MR) is 122 cm³/mol. The van der Waals surface area contributed by atoms with Crippen LogP contribution in [-0.2, 0) is 0 Å². The zero-order valence-corrected chi connectivity index (χ0v) is 17.1. The maximum absolute atomic E-state index is 2.30. The molecule has 0 bridgehead atoms. The van der Waals surface area contributed by atoms with Crippen LogP contribution in [0.25, 0.3) is 33.4 Å². The van der Waals surface area contributed by atoms with E-state index in [2.05, 4.69) is 113 Å². The molecule has 0 aliphatic carbocycles. The second-order valence-electron chi connectivity index (χ2n) is 7.76. The third kappa shape index (κ3) is 3.64. The molecule has 0 unspecified atom stereocenters. The molecule has 0 saturated heterocycles. The summed E-state index contributed by atoms with van der Waals surface area (Å²) in [4.78, 5) is 0. The Kier molecular flexibility index (Phi) is 4.88. The lowest BCUT2D eigenvalue weighted by atomic mass is 9.94. The molecule has 4 aromatic rings. The molecule has 4 aromatic carbocycles. The normalized spacial score (nSPS) is 10.9. The summed E-state index contributed by atoms with van der Waals surface area (Å²) in [5.74, 6) is 0. The molecule has 0 amide bonds. The standard InChI is InChI=1S/C28H26/c1-19-11-13-27(15-21(19)3)25-9-5-7-23(17-25)24-8-6-10-26(18-24)28-14-12-20(2)22(4)16-28/h5-18H,1-4H3. The summed E-state index contributed by atoms with van der Waals surface area (Å²) >= 11 is 0. The molecule has 0 radical (unpaired) electrons. The second-order valence-corrected chi connectivity index (χ2v) is 7.76. The molecular weight excluding hydrogens is 336 g/mol. The Labute approximate surface area is 168 Å². The van der Waals surface area contributed by atoms with Crippen LogP contribution in [0.5, 0.6) is 0 Å². The summed E-state index contributed by atoms with van der Waals surface area (Å²) < 4.78 is 0. The van der Waals surface area contributed by atoms with E-state index in [4.69, 9.17) is 0 Å². The summed E-state index contributed by atoms with van der Waals surface area (Å²) in [5, 5.41) is 0. The average molecular weight is 363 g/mol. The zero-order chi connectivity index (χ0) is 19.7. The fraction of sp³-hybridized carbons (Fsp3) is 0.143. The predicted octanol–water partition coefficient (Wildman–Crippen LogP) is 7.92. The van der Waals surface area contributed by atoms with Gasteiger partial charge in [-0.3, -0.25) is 0 Å². The summed E-state index contributed by atoms with van der Waals surface area (Å²) in [6, 6.07) is 31.1. The van der Waals surface area contributed by atoms with E-state index in [1.165, 1.54) is 55.6 Å². The Hall–Kier alpha value is -3.12. The maximum atomic E-state index is 2.30. The van der Waals surface area contributed by atoms with Crippen LogP contribution in [0.1, 0.15) is 22.3 Å². The lowest BCUT2D eigenvalue weighted by Crippen LogP contribution is -1.86. The molecule has 0 N–H and O–H groups in total. The molecule has 0 heteroatoms. The van der Waals surface area contributed by atoms with E-state index < -0.39 is 0 Å². The third-order valence-electron chi connectivity index (χ3n) is 5.74. The van der Waals surface area contributed by atoms with Crippen molar-refractivity contribution in [3.8, 4) is 33.4 Å². The van der Waals surface area contributed by atoms with E-state index in [0.717, 1.165) is 0 Å². The summed E-state index contributed by atoms with van der Waals surface area (Å²) in [5.41, 5.74) is 12.9. The van der Waals surface area contributed by atoms with Gasteiger partial charge in [-0.2, -0.15) is 0 Å². The SMILES string of the molecule is Cc1ccc(-c2cccc(-c3cccc(-c4ccc(C)c(C)c4)c3)c2)cc1C. The average Bonchev–Trinajstić information content (AvgIpc) is 2.72. The smallest absolute Gasteiger partial charge is 0.0178 e. The molecule has 0 saturated carbocycles. The van der Waals surface area contributed by atoms with Crippen LogP contribution in [0.4, 0.5) is 0 Å². The third-order valence-corrected chi connectivity index (χ3v) is 5.74. The minimum atomic E-state index is 1.25. The van der Waals surface area contributed by atoms with Gasteiger partial charge in [-0.15, -0.1) is 0 Å². The number of hydrogen-bond donors (Lipinski definition) is 0. The molecule has 0 heterocycles. The summed E-state index contributed by atoms with van der Waals surface area (Å²) in [6.45, 7) is 8.67. The summed E-state index contributed by atoms with van der Waals surface area (Å²) in [6.07, 6.45) is 0. The van der Waals surface area contributed by atoms with E-state index in [1.54, 1.807) is 0 Å². The minimum Gasteiger partial charge on any atom is -0.0610 e. The number of aryl methyl sites for hydroxylation is 4. The summed E-state index contributed by atoms with van der Waals surface area (Å²) in [7, 11) is 0. The van der Waals surface area contributed by atoms with Gasteiger partial charge in [0, 0.05) is 0 Å². The molecular formula is C28H26. The van der Waals surface area contributed by atoms with Gasteiger partial charge in [-0.1, -0.05) is 72.8 Å². The van der Waals surface area contributed by atoms with Crippen molar-refractivity contribution < 1.29 is 0 Å². The highest BCUT2D eigenvalue weighted by atomic mass is 14.1. The molecule has 0 aliphatic heterocycles. The number of hydrogen-bond acceptors (Lipinski definition) is 0. The zero-order valence-electron chi connectivity index (χ0n) is 17.1. The highest BCUT2D eigenvalue weighted by molar-refractivity contribution is 5.77. The lowest BCUT2D eigenvalue weighted by Gasteiger charge is -2.10. The van der Waals surface area contributed by atoms with E-state index in [1.807, 2.05) is 0 Å². The van der Waals surface area contributed by atoms with Crippen LogP contribution in [0, 0.1) is 27.7 Å². The van der Waals surface area contributed by atoms with Crippen molar-refractivity contribution in [2.24, 2.45) is 0 Å². The van der Waals surface area contributed by atoms with Gasteiger partial charge in [0.05, 0.1) is 0 Å². The van der Waals surface area contributed by atoms with Crippen LogP contribution in [0.3, 0.4) is 0 Å².